The van der Waals surface area contributed by atoms with Gasteiger partial charge in [-0.15, -0.1) is 0 Å². The van der Waals surface area contributed by atoms with E-state index in [1.54, 1.807) is 30.3 Å². The van der Waals surface area contributed by atoms with Gasteiger partial charge in [0.1, 0.15) is 0 Å². The molecule has 0 heterocycles. The number of nitrogens with one attached hydrogen (secondary N) is 2. The van der Waals surface area contributed by atoms with Gasteiger partial charge in [0.05, 0.1) is 32.6 Å². The van der Waals surface area contributed by atoms with Gasteiger partial charge in [-0.1, -0.05) is 48.5 Å². The van der Waals surface area contributed by atoms with Crippen LogP contribution in [-0.4, -0.2) is 39.4 Å². The number of methoxy groups -OCH3 is 3. The van der Waals surface area contributed by atoms with Gasteiger partial charge < -0.3 is 19.5 Å². The third-order valence-corrected chi connectivity index (χ3v) is 4.76. The van der Waals surface area contributed by atoms with Crippen LogP contribution in [0.4, 0.5) is 5.69 Å². The van der Waals surface area contributed by atoms with E-state index in [1.807, 2.05) is 36.4 Å². The Hall–Kier alpha value is -4.59. The van der Waals surface area contributed by atoms with Crippen molar-refractivity contribution >= 4 is 29.8 Å². The summed E-state index contributed by atoms with van der Waals surface area (Å²) in [6, 6.07) is 19.4. The molecule has 0 aromatic heterocycles. The fraction of sp³-hybridized carbons (Fsp3) is 0.115. The topological polar surface area (TPSA) is 98.2 Å². The minimum atomic E-state index is -0.467. The molecule has 0 fully saturated rings. The highest BCUT2D eigenvalue weighted by Crippen LogP contribution is 2.38. The quantitative estimate of drug-likeness (QED) is 0.365. The molecule has 8 nitrogen and oxygen atoms in total. The first-order valence-corrected chi connectivity index (χ1v) is 10.3. The zero-order valence-corrected chi connectivity index (χ0v) is 19.1. The van der Waals surface area contributed by atoms with Gasteiger partial charge in [-0.05, 0) is 35.9 Å². The van der Waals surface area contributed by atoms with Crippen molar-refractivity contribution in [2.45, 2.75) is 0 Å². The average molecular weight is 460 g/mol. The van der Waals surface area contributed by atoms with Crippen LogP contribution in [0.1, 0.15) is 26.3 Å². The third-order valence-electron chi connectivity index (χ3n) is 4.76. The number of anilines is 1. The molecule has 0 unspecified atom stereocenters. The highest BCUT2D eigenvalue weighted by molar-refractivity contribution is 6.09. The molecule has 0 spiro atoms. The van der Waals surface area contributed by atoms with Crippen molar-refractivity contribution in [2.24, 2.45) is 5.10 Å². The lowest BCUT2D eigenvalue weighted by Crippen LogP contribution is -2.21. The number of carbonyl (C=O) groups is 2. The van der Waals surface area contributed by atoms with Crippen LogP contribution in [0.3, 0.4) is 0 Å². The van der Waals surface area contributed by atoms with Crippen molar-refractivity contribution in [1.29, 1.82) is 0 Å². The molecule has 0 aliphatic heterocycles. The molecule has 0 atom stereocenters. The number of amides is 2. The van der Waals surface area contributed by atoms with Crippen LogP contribution in [0.5, 0.6) is 17.2 Å². The van der Waals surface area contributed by atoms with Crippen LogP contribution >= 0.6 is 0 Å². The van der Waals surface area contributed by atoms with Crippen LogP contribution in [0, 0.1) is 0 Å². The number of para-hydroxylation sites is 1. The normalized spacial score (nSPS) is 10.8. The lowest BCUT2D eigenvalue weighted by atomic mass is 10.1. The molecule has 0 saturated heterocycles. The van der Waals surface area contributed by atoms with Gasteiger partial charge >= 0.3 is 0 Å². The number of hydrazone groups is 1. The molecule has 3 aromatic carbocycles. The minimum Gasteiger partial charge on any atom is -0.493 e. The summed E-state index contributed by atoms with van der Waals surface area (Å²) in [5, 5.41) is 6.69. The van der Waals surface area contributed by atoms with E-state index in [-0.39, 0.29) is 11.1 Å². The fourth-order valence-corrected chi connectivity index (χ4v) is 3.11. The number of benzene rings is 3. The molecule has 3 rings (SSSR count). The molecule has 34 heavy (non-hydrogen) atoms. The van der Waals surface area contributed by atoms with E-state index < -0.39 is 11.8 Å². The number of hydrogen-bond acceptors (Lipinski definition) is 6. The van der Waals surface area contributed by atoms with Crippen LogP contribution in [0.25, 0.3) is 6.08 Å². The Bertz CT molecular complexity index is 1180. The van der Waals surface area contributed by atoms with Gasteiger partial charge in [0, 0.05) is 11.8 Å². The Morgan fingerprint density at radius 3 is 2.12 bits per heavy atom. The summed E-state index contributed by atoms with van der Waals surface area (Å²) in [4.78, 5) is 25.6. The zero-order chi connectivity index (χ0) is 24.3. The Kier molecular flexibility index (Phi) is 8.40. The summed E-state index contributed by atoms with van der Waals surface area (Å²) >= 11 is 0. The number of allylic oxidation sites excluding steroid dienone is 1. The Morgan fingerprint density at radius 1 is 0.824 bits per heavy atom. The van der Waals surface area contributed by atoms with Crippen molar-refractivity contribution < 1.29 is 23.8 Å². The SMILES string of the molecule is COc1cc(C(=O)Nc2ccccc2C(=O)N/N=C\C=C\c2ccccc2)cc(OC)c1OC. The van der Waals surface area contributed by atoms with Gasteiger partial charge in [0.25, 0.3) is 11.8 Å². The second kappa shape index (κ2) is 11.9. The smallest absolute Gasteiger partial charge is 0.273 e. The van der Waals surface area contributed by atoms with E-state index in [0.717, 1.165) is 5.56 Å². The lowest BCUT2D eigenvalue weighted by Gasteiger charge is -2.15. The summed E-state index contributed by atoms with van der Waals surface area (Å²) in [5.41, 5.74) is 4.33. The maximum Gasteiger partial charge on any atom is 0.273 e. The monoisotopic (exact) mass is 459 g/mol. The molecule has 2 amide bonds. The standard InChI is InChI=1S/C26H25N3O5/c1-32-22-16-19(17-23(33-2)24(22)34-3)25(30)28-21-14-8-7-13-20(21)26(31)29-27-15-9-12-18-10-5-4-6-11-18/h4-17H,1-3H3,(H,28,30)(H,29,31)/b12-9+,27-15-. The van der Waals surface area contributed by atoms with Crippen molar-refractivity contribution in [3.8, 4) is 17.2 Å². The van der Waals surface area contributed by atoms with Gasteiger partial charge in [-0.2, -0.15) is 5.10 Å². The summed E-state index contributed by atoms with van der Waals surface area (Å²) in [5.74, 6) is 0.145. The summed E-state index contributed by atoms with van der Waals surface area (Å²) in [6.07, 6.45) is 5.05. The summed E-state index contributed by atoms with van der Waals surface area (Å²) < 4.78 is 15.9. The van der Waals surface area contributed by atoms with Crippen LogP contribution in [-0.2, 0) is 0 Å². The van der Waals surface area contributed by atoms with E-state index in [9.17, 15) is 9.59 Å². The highest BCUT2D eigenvalue weighted by Gasteiger charge is 2.19. The molecule has 0 bridgehead atoms. The molecule has 2 N–H and O–H groups in total. The number of nitrogens with zero attached hydrogens (tertiary/aromatic N) is 1. The maximum absolute atomic E-state index is 12.9. The molecular formula is C26H25N3O5. The van der Waals surface area contributed by atoms with E-state index >= 15 is 0 Å². The van der Waals surface area contributed by atoms with Gasteiger partial charge in [0.15, 0.2) is 11.5 Å². The Morgan fingerprint density at radius 2 is 1.47 bits per heavy atom. The predicted octanol–water partition coefficient (Wildman–Crippen LogP) is 4.39. The molecule has 3 aromatic rings. The Balaban J connectivity index is 1.72. The molecule has 0 radical (unpaired) electrons. The van der Waals surface area contributed by atoms with Crippen molar-refractivity contribution in [3.05, 3.63) is 89.5 Å². The molecule has 0 aliphatic carbocycles. The number of hydrogen-bond donors (Lipinski definition) is 2. The minimum absolute atomic E-state index is 0.257. The largest absolute Gasteiger partial charge is 0.493 e. The molecule has 0 aliphatic rings. The molecule has 174 valence electrons. The molecule has 8 heteroatoms. The van der Waals surface area contributed by atoms with Crippen LogP contribution in [0.2, 0.25) is 0 Å². The van der Waals surface area contributed by atoms with Crippen LogP contribution < -0.4 is 25.0 Å². The lowest BCUT2D eigenvalue weighted by molar-refractivity contribution is 0.0956. The van der Waals surface area contributed by atoms with Crippen molar-refractivity contribution in [3.63, 3.8) is 0 Å². The van der Waals surface area contributed by atoms with E-state index in [4.69, 9.17) is 14.2 Å². The summed E-state index contributed by atoms with van der Waals surface area (Å²) in [7, 11) is 4.41. The van der Waals surface area contributed by atoms with Crippen molar-refractivity contribution in [2.75, 3.05) is 26.6 Å². The van der Waals surface area contributed by atoms with Gasteiger partial charge in [0.2, 0.25) is 5.75 Å². The van der Waals surface area contributed by atoms with Crippen molar-refractivity contribution in [1.82, 2.24) is 5.43 Å². The first-order chi connectivity index (χ1) is 16.6. The Labute approximate surface area is 197 Å². The summed E-state index contributed by atoms with van der Waals surface area (Å²) in [6.45, 7) is 0. The molecule has 0 saturated carbocycles. The second-order valence-electron chi connectivity index (χ2n) is 6.90. The highest BCUT2D eigenvalue weighted by atomic mass is 16.5. The van der Waals surface area contributed by atoms with E-state index in [1.165, 1.54) is 39.7 Å². The van der Waals surface area contributed by atoms with Gasteiger partial charge in [-0.3, -0.25) is 9.59 Å². The molecular weight excluding hydrogens is 434 g/mol. The average Bonchev–Trinajstić information content (AvgIpc) is 2.88. The third kappa shape index (κ3) is 6.01. The number of ether oxygens (including phenoxy) is 3. The predicted molar refractivity (Wildman–Crippen MR) is 132 cm³/mol. The van der Waals surface area contributed by atoms with E-state index in [2.05, 4.69) is 15.8 Å². The number of rotatable bonds is 9. The maximum atomic E-state index is 12.9. The fourth-order valence-electron chi connectivity index (χ4n) is 3.11. The zero-order valence-electron chi connectivity index (χ0n) is 19.1. The first kappa shape index (κ1) is 24.1. The van der Waals surface area contributed by atoms with Gasteiger partial charge in [-0.25, -0.2) is 5.43 Å². The van der Waals surface area contributed by atoms with Crippen LogP contribution in [0.15, 0.2) is 77.9 Å². The second-order valence-corrected chi connectivity index (χ2v) is 6.90. The van der Waals surface area contributed by atoms with E-state index in [0.29, 0.717) is 22.9 Å². The first-order valence-electron chi connectivity index (χ1n) is 10.3. The number of carbonyl (C=O) groups excluding carboxylic acids is 2.